The molecule has 3 aromatic rings. The quantitative estimate of drug-likeness (QED) is 0.738. The second-order valence-corrected chi connectivity index (χ2v) is 4.81. The summed E-state index contributed by atoms with van der Waals surface area (Å²) in [5.74, 6) is 0. The number of pyridine rings is 1. The van der Waals surface area contributed by atoms with Crippen LogP contribution in [0.5, 0.6) is 0 Å². The molecule has 2 aromatic heterocycles. The van der Waals surface area contributed by atoms with Gasteiger partial charge in [-0.15, -0.1) is 0 Å². The standard InChI is InChI=1S/C16H18N4/c1-2-19(15-7-5-6-13(17)10-15)11-14-12-20-9-4-3-8-16(20)18-14/h3-10,12H,2,11,17H2,1H3. The molecule has 102 valence electrons. The molecule has 0 unspecified atom stereocenters. The predicted octanol–water partition coefficient (Wildman–Crippen LogP) is 2.94. The van der Waals surface area contributed by atoms with Crippen molar-refractivity contribution in [1.29, 1.82) is 0 Å². The van der Waals surface area contributed by atoms with Crippen LogP contribution in [0.25, 0.3) is 5.65 Å². The lowest BCUT2D eigenvalue weighted by Crippen LogP contribution is -2.22. The van der Waals surface area contributed by atoms with E-state index in [1.165, 1.54) is 0 Å². The second kappa shape index (κ2) is 5.25. The number of nitrogens with zero attached hydrogens (tertiary/aromatic N) is 3. The van der Waals surface area contributed by atoms with Crippen molar-refractivity contribution in [1.82, 2.24) is 9.38 Å². The summed E-state index contributed by atoms with van der Waals surface area (Å²) in [7, 11) is 0. The molecule has 0 aliphatic carbocycles. The van der Waals surface area contributed by atoms with Gasteiger partial charge in [0.25, 0.3) is 0 Å². The molecule has 0 saturated heterocycles. The van der Waals surface area contributed by atoms with Crippen molar-refractivity contribution in [3.05, 3.63) is 60.6 Å². The van der Waals surface area contributed by atoms with E-state index in [9.17, 15) is 0 Å². The highest BCUT2D eigenvalue weighted by Crippen LogP contribution is 2.19. The smallest absolute Gasteiger partial charge is 0.137 e. The third-order valence-electron chi connectivity index (χ3n) is 3.38. The Hall–Kier alpha value is -2.49. The van der Waals surface area contributed by atoms with Gasteiger partial charge in [-0.25, -0.2) is 4.98 Å². The maximum atomic E-state index is 5.86. The molecule has 3 rings (SSSR count). The van der Waals surface area contributed by atoms with Crippen LogP contribution in [-0.4, -0.2) is 15.9 Å². The highest BCUT2D eigenvalue weighted by Gasteiger charge is 2.08. The zero-order chi connectivity index (χ0) is 13.9. The molecule has 0 aliphatic heterocycles. The number of hydrogen-bond donors (Lipinski definition) is 1. The molecular weight excluding hydrogens is 248 g/mol. The molecule has 0 atom stereocenters. The highest BCUT2D eigenvalue weighted by molar-refractivity contribution is 5.56. The Kier molecular flexibility index (Phi) is 3.29. The van der Waals surface area contributed by atoms with Crippen LogP contribution in [0.15, 0.2) is 54.9 Å². The number of fused-ring (bicyclic) bond motifs is 1. The van der Waals surface area contributed by atoms with Crippen LogP contribution in [0.3, 0.4) is 0 Å². The van der Waals surface area contributed by atoms with Crippen molar-refractivity contribution in [2.45, 2.75) is 13.5 Å². The molecule has 0 bridgehead atoms. The predicted molar refractivity (Wildman–Crippen MR) is 82.8 cm³/mol. The Balaban J connectivity index is 1.87. The van der Waals surface area contributed by atoms with Crippen molar-refractivity contribution in [2.24, 2.45) is 0 Å². The fourth-order valence-electron chi connectivity index (χ4n) is 2.37. The average molecular weight is 266 g/mol. The van der Waals surface area contributed by atoms with Gasteiger partial charge in [-0.05, 0) is 37.3 Å². The maximum absolute atomic E-state index is 5.86. The van der Waals surface area contributed by atoms with Gasteiger partial charge in [0.15, 0.2) is 0 Å². The zero-order valence-electron chi connectivity index (χ0n) is 11.5. The van der Waals surface area contributed by atoms with Crippen LogP contribution in [0.4, 0.5) is 11.4 Å². The first-order valence-corrected chi connectivity index (χ1v) is 6.79. The zero-order valence-corrected chi connectivity index (χ0v) is 11.5. The largest absolute Gasteiger partial charge is 0.399 e. The van der Waals surface area contributed by atoms with E-state index in [0.717, 1.165) is 35.8 Å². The molecule has 2 N–H and O–H groups in total. The first kappa shape index (κ1) is 12.5. The van der Waals surface area contributed by atoms with Crippen LogP contribution in [0, 0.1) is 0 Å². The summed E-state index contributed by atoms with van der Waals surface area (Å²) >= 11 is 0. The topological polar surface area (TPSA) is 46.6 Å². The molecule has 0 saturated carbocycles. The summed E-state index contributed by atoms with van der Waals surface area (Å²) < 4.78 is 2.04. The van der Waals surface area contributed by atoms with Crippen molar-refractivity contribution in [3.63, 3.8) is 0 Å². The van der Waals surface area contributed by atoms with E-state index in [1.807, 2.05) is 47.0 Å². The maximum Gasteiger partial charge on any atom is 0.137 e. The fourth-order valence-corrected chi connectivity index (χ4v) is 2.37. The van der Waals surface area contributed by atoms with Gasteiger partial charge >= 0.3 is 0 Å². The molecule has 0 fully saturated rings. The molecule has 4 nitrogen and oxygen atoms in total. The SMILES string of the molecule is CCN(Cc1cn2ccccc2n1)c1cccc(N)c1. The van der Waals surface area contributed by atoms with E-state index < -0.39 is 0 Å². The number of aromatic nitrogens is 2. The van der Waals surface area contributed by atoms with Gasteiger partial charge in [0.2, 0.25) is 0 Å². The van der Waals surface area contributed by atoms with E-state index in [1.54, 1.807) is 0 Å². The Morgan fingerprint density at radius 2 is 2.10 bits per heavy atom. The van der Waals surface area contributed by atoms with E-state index in [2.05, 4.69) is 29.1 Å². The fraction of sp³-hybridized carbons (Fsp3) is 0.188. The van der Waals surface area contributed by atoms with Crippen molar-refractivity contribution >= 4 is 17.0 Å². The molecule has 0 amide bonds. The molecule has 0 spiro atoms. The number of imidazole rings is 1. The van der Waals surface area contributed by atoms with Gasteiger partial charge in [-0.3, -0.25) is 0 Å². The minimum Gasteiger partial charge on any atom is -0.399 e. The molecule has 2 heterocycles. The van der Waals surface area contributed by atoms with Gasteiger partial charge in [0.05, 0.1) is 12.2 Å². The van der Waals surface area contributed by atoms with Crippen LogP contribution in [0.2, 0.25) is 0 Å². The van der Waals surface area contributed by atoms with Crippen LogP contribution in [0.1, 0.15) is 12.6 Å². The van der Waals surface area contributed by atoms with E-state index >= 15 is 0 Å². The normalized spacial score (nSPS) is 10.8. The van der Waals surface area contributed by atoms with Gasteiger partial charge in [0.1, 0.15) is 5.65 Å². The van der Waals surface area contributed by atoms with Crippen molar-refractivity contribution in [3.8, 4) is 0 Å². The average Bonchev–Trinajstić information content (AvgIpc) is 2.87. The second-order valence-electron chi connectivity index (χ2n) is 4.81. The third-order valence-corrected chi connectivity index (χ3v) is 3.38. The number of nitrogen functional groups attached to an aromatic ring is 1. The number of benzene rings is 1. The first-order valence-electron chi connectivity index (χ1n) is 6.79. The molecule has 0 radical (unpaired) electrons. The summed E-state index contributed by atoms with van der Waals surface area (Å²) in [6.07, 6.45) is 4.09. The summed E-state index contributed by atoms with van der Waals surface area (Å²) in [5.41, 5.74) is 9.81. The van der Waals surface area contributed by atoms with Crippen LogP contribution >= 0.6 is 0 Å². The lowest BCUT2D eigenvalue weighted by Gasteiger charge is -2.22. The Bertz CT molecular complexity index is 684. The van der Waals surface area contributed by atoms with Crippen molar-refractivity contribution < 1.29 is 0 Å². The minimum atomic E-state index is 0.779. The Morgan fingerprint density at radius 3 is 2.85 bits per heavy atom. The van der Waals surface area contributed by atoms with Gasteiger partial charge in [-0.2, -0.15) is 0 Å². The number of hydrogen-bond acceptors (Lipinski definition) is 3. The molecular formula is C16H18N4. The van der Waals surface area contributed by atoms with E-state index in [4.69, 9.17) is 5.73 Å². The minimum absolute atomic E-state index is 0.779. The van der Waals surface area contributed by atoms with Gasteiger partial charge in [-0.1, -0.05) is 12.1 Å². The molecule has 20 heavy (non-hydrogen) atoms. The van der Waals surface area contributed by atoms with Crippen LogP contribution < -0.4 is 10.6 Å². The number of anilines is 2. The summed E-state index contributed by atoms with van der Waals surface area (Å²) in [6.45, 7) is 3.83. The van der Waals surface area contributed by atoms with Crippen molar-refractivity contribution in [2.75, 3.05) is 17.2 Å². The Morgan fingerprint density at radius 1 is 1.20 bits per heavy atom. The lowest BCUT2D eigenvalue weighted by molar-refractivity contribution is 0.816. The van der Waals surface area contributed by atoms with E-state index in [-0.39, 0.29) is 0 Å². The summed E-state index contributed by atoms with van der Waals surface area (Å²) in [4.78, 5) is 6.90. The molecule has 1 aromatic carbocycles. The van der Waals surface area contributed by atoms with Gasteiger partial charge in [0, 0.05) is 30.3 Å². The highest BCUT2D eigenvalue weighted by atomic mass is 15.1. The number of nitrogens with two attached hydrogens (primary N) is 1. The summed E-state index contributed by atoms with van der Waals surface area (Å²) in [6, 6.07) is 14.0. The lowest BCUT2D eigenvalue weighted by atomic mass is 10.2. The first-order chi connectivity index (χ1) is 9.76. The molecule has 4 heteroatoms. The van der Waals surface area contributed by atoms with Crippen LogP contribution in [-0.2, 0) is 6.54 Å². The third kappa shape index (κ3) is 2.45. The number of rotatable bonds is 4. The summed E-state index contributed by atoms with van der Waals surface area (Å²) in [5, 5.41) is 0. The molecule has 0 aliphatic rings. The van der Waals surface area contributed by atoms with E-state index in [0.29, 0.717) is 0 Å². The van der Waals surface area contributed by atoms with Gasteiger partial charge < -0.3 is 15.0 Å². The monoisotopic (exact) mass is 266 g/mol. The Labute approximate surface area is 118 Å².